The Balaban J connectivity index is 1.27. The molecule has 39 heavy (non-hydrogen) atoms. The quantitative estimate of drug-likeness (QED) is 0.0969. The molecule has 0 fully saturated rings. The number of ether oxygens (including phenoxy) is 4. The fourth-order valence-corrected chi connectivity index (χ4v) is 3.11. The van der Waals surface area contributed by atoms with Crippen molar-refractivity contribution < 1.29 is 41.8 Å². The summed E-state index contributed by atoms with van der Waals surface area (Å²) >= 11 is 0. The standard InChI is InChI=1S/C27H19F3N2O7/c1-17(36-20-7-11-23(12-8-20)38-25-15-2-18(16-31-25)27(28,29)30)26(33)39-24-13-9-22(10-14-24)37-21-5-3-19(4-6-21)32(34)35/h2-17H,1H3. The van der Waals surface area contributed by atoms with Gasteiger partial charge in [0.2, 0.25) is 5.88 Å². The van der Waals surface area contributed by atoms with E-state index in [1.807, 2.05) is 0 Å². The zero-order valence-corrected chi connectivity index (χ0v) is 20.1. The van der Waals surface area contributed by atoms with E-state index < -0.39 is 28.7 Å². The average molecular weight is 540 g/mol. The van der Waals surface area contributed by atoms with Gasteiger partial charge in [0, 0.05) is 24.4 Å². The third-order valence-corrected chi connectivity index (χ3v) is 5.08. The van der Waals surface area contributed by atoms with E-state index in [1.165, 1.54) is 67.6 Å². The van der Waals surface area contributed by atoms with Crippen LogP contribution in [-0.2, 0) is 11.0 Å². The number of nitro benzene ring substituents is 1. The predicted molar refractivity (Wildman–Crippen MR) is 131 cm³/mol. The van der Waals surface area contributed by atoms with E-state index >= 15 is 0 Å². The largest absolute Gasteiger partial charge is 0.479 e. The topological polar surface area (TPSA) is 110 Å². The Morgan fingerprint density at radius 2 is 1.31 bits per heavy atom. The number of halogens is 3. The van der Waals surface area contributed by atoms with Crippen molar-refractivity contribution in [2.45, 2.75) is 19.2 Å². The molecule has 0 aliphatic rings. The van der Waals surface area contributed by atoms with Gasteiger partial charge >= 0.3 is 12.1 Å². The number of nitrogens with zero attached hydrogens (tertiary/aromatic N) is 2. The number of alkyl halides is 3. The normalized spacial score (nSPS) is 11.8. The smallest absolute Gasteiger partial charge is 0.417 e. The first-order valence-corrected chi connectivity index (χ1v) is 11.3. The molecule has 0 amide bonds. The van der Waals surface area contributed by atoms with Gasteiger partial charge in [-0.1, -0.05) is 0 Å². The van der Waals surface area contributed by atoms with Crippen molar-refractivity contribution in [3.05, 3.63) is 107 Å². The van der Waals surface area contributed by atoms with Gasteiger partial charge in [-0.15, -0.1) is 0 Å². The molecule has 0 radical (unpaired) electrons. The zero-order valence-electron chi connectivity index (χ0n) is 20.1. The van der Waals surface area contributed by atoms with E-state index in [9.17, 15) is 28.1 Å². The molecular weight excluding hydrogens is 521 g/mol. The van der Waals surface area contributed by atoms with Crippen LogP contribution in [0.5, 0.6) is 34.6 Å². The van der Waals surface area contributed by atoms with Gasteiger partial charge in [0.05, 0.1) is 10.5 Å². The maximum atomic E-state index is 12.6. The molecule has 0 N–H and O–H groups in total. The van der Waals surface area contributed by atoms with Crippen LogP contribution in [-0.4, -0.2) is 22.0 Å². The van der Waals surface area contributed by atoms with Gasteiger partial charge in [-0.2, -0.15) is 13.2 Å². The third kappa shape index (κ3) is 7.44. The van der Waals surface area contributed by atoms with Crippen LogP contribution in [0.15, 0.2) is 91.1 Å². The second-order valence-corrected chi connectivity index (χ2v) is 7.96. The molecule has 9 nitrogen and oxygen atoms in total. The summed E-state index contributed by atoms with van der Waals surface area (Å²) in [6, 6.07) is 19.8. The molecular formula is C27H19F3N2O7. The van der Waals surface area contributed by atoms with Crippen molar-refractivity contribution in [2.24, 2.45) is 0 Å². The summed E-state index contributed by atoms with van der Waals surface area (Å²) in [6.07, 6.45) is -4.78. The minimum Gasteiger partial charge on any atom is -0.479 e. The van der Waals surface area contributed by atoms with Crippen molar-refractivity contribution in [3.8, 4) is 34.6 Å². The van der Waals surface area contributed by atoms with Crippen LogP contribution in [0.2, 0.25) is 0 Å². The number of pyridine rings is 1. The van der Waals surface area contributed by atoms with Crippen LogP contribution < -0.4 is 18.9 Å². The fraction of sp³-hybridized carbons (Fsp3) is 0.111. The summed E-state index contributed by atoms with van der Waals surface area (Å²) in [4.78, 5) is 26.3. The number of nitro groups is 1. The number of hydrogen-bond acceptors (Lipinski definition) is 8. The molecule has 3 aromatic carbocycles. The monoisotopic (exact) mass is 540 g/mol. The van der Waals surface area contributed by atoms with E-state index in [-0.39, 0.29) is 17.3 Å². The fourth-order valence-electron chi connectivity index (χ4n) is 3.11. The molecule has 0 aliphatic carbocycles. The molecule has 1 heterocycles. The van der Waals surface area contributed by atoms with E-state index in [0.717, 1.165) is 12.1 Å². The van der Waals surface area contributed by atoms with Crippen LogP contribution in [0, 0.1) is 10.1 Å². The Morgan fingerprint density at radius 3 is 1.82 bits per heavy atom. The number of carbonyl (C=O) groups excluding carboxylic acids is 1. The zero-order chi connectivity index (χ0) is 28.0. The Morgan fingerprint density at radius 1 is 0.795 bits per heavy atom. The molecule has 200 valence electrons. The second kappa shape index (κ2) is 11.5. The number of non-ortho nitro benzene ring substituents is 1. The Hall–Kier alpha value is -5.13. The number of rotatable bonds is 9. The van der Waals surface area contributed by atoms with E-state index in [4.69, 9.17) is 18.9 Å². The van der Waals surface area contributed by atoms with Gasteiger partial charge < -0.3 is 18.9 Å². The SMILES string of the molecule is CC(Oc1ccc(Oc2ccc(C(F)(F)F)cn2)cc1)C(=O)Oc1ccc(Oc2ccc([N+](=O)[O-])cc2)cc1. The number of benzene rings is 3. The summed E-state index contributed by atoms with van der Waals surface area (Å²) in [5.74, 6) is 1.05. The molecule has 4 aromatic rings. The number of carbonyl (C=O) groups is 1. The van der Waals surface area contributed by atoms with Gasteiger partial charge in [0.1, 0.15) is 28.7 Å². The molecule has 1 atom stereocenters. The summed E-state index contributed by atoms with van der Waals surface area (Å²) in [7, 11) is 0. The number of esters is 1. The summed E-state index contributed by atoms with van der Waals surface area (Å²) in [5.41, 5.74) is -0.938. The van der Waals surface area contributed by atoms with E-state index in [0.29, 0.717) is 29.2 Å². The third-order valence-electron chi connectivity index (χ3n) is 5.08. The minimum absolute atomic E-state index is 0.0159. The molecule has 12 heteroatoms. The van der Waals surface area contributed by atoms with Crippen LogP contribution >= 0.6 is 0 Å². The lowest BCUT2D eigenvalue weighted by atomic mass is 10.3. The Bertz CT molecular complexity index is 1430. The van der Waals surface area contributed by atoms with Gasteiger partial charge in [0.15, 0.2) is 6.10 Å². The first-order valence-electron chi connectivity index (χ1n) is 11.3. The van der Waals surface area contributed by atoms with Crippen LogP contribution in [0.3, 0.4) is 0 Å². The van der Waals surface area contributed by atoms with Crippen molar-refractivity contribution >= 4 is 11.7 Å². The second-order valence-electron chi connectivity index (χ2n) is 7.96. The number of aromatic nitrogens is 1. The summed E-state index contributed by atoms with van der Waals surface area (Å²) in [5, 5.41) is 10.7. The highest BCUT2D eigenvalue weighted by Crippen LogP contribution is 2.30. The van der Waals surface area contributed by atoms with Crippen molar-refractivity contribution in [1.29, 1.82) is 0 Å². The van der Waals surface area contributed by atoms with Crippen LogP contribution in [0.1, 0.15) is 12.5 Å². The highest BCUT2D eigenvalue weighted by Gasteiger charge is 2.30. The minimum atomic E-state index is -4.49. The maximum Gasteiger partial charge on any atom is 0.417 e. The van der Waals surface area contributed by atoms with Crippen LogP contribution in [0.4, 0.5) is 18.9 Å². The van der Waals surface area contributed by atoms with Crippen molar-refractivity contribution in [2.75, 3.05) is 0 Å². The van der Waals surface area contributed by atoms with Crippen molar-refractivity contribution in [1.82, 2.24) is 4.98 Å². The molecule has 0 spiro atoms. The molecule has 0 bridgehead atoms. The lowest BCUT2D eigenvalue weighted by molar-refractivity contribution is -0.384. The Labute approximate surface area is 219 Å². The van der Waals surface area contributed by atoms with Gasteiger partial charge in [-0.25, -0.2) is 9.78 Å². The first-order chi connectivity index (χ1) is 18.6. The molecule has 0 saturated heterocycles. The van der Waals surface area contributed by atoms with Gasteiger partial charge in [0.25, 0.3) is 5.69 Å². The average Bonchev–Trinajstić information content (AvgIpc) is 2.91. The molecule has 1 unspecified atom stereocenters. The predicted octanol–water partition coefficient (Wildman–Crippen LogP) is 6.97. The highest BCUT2D eigenvalue weighted by molar-refractivity contribution is 5.77. The van der Waals surface area contributed by atoms with Crippen molar-refractivity contribution in [3.63, 3.8) is 0 Å². The molecule has 4 rings (SSSR count). The lowest BCUT2D eigenvalue weighted by Crippen LogP contribution is -2.28. The molecule has 0 saturated carbocycles. The maximum absolute atomic E-state index is 12.6. The summed E-state index contributed by atoms with van der Waals surface area (Å²) < 4.78 is 59.9. The first kappa shape index (κ1) is 26.9. The highest BCUT2D eigenvalue weighted by atomic mass is 19.4. The van der Waals surface area contributed by atoms with E-state index in [2.05, 4.69) is 4.98 Å². The lowest BCUT2D eigenvalue weighted by Gasteiger charge is -2.14. The van der Waals surface area contributed by atoms with E-state index in [1.54, 1.807) is 12.1 Å². The van der Waals surface area contributed by atoms with Crippen LogP contribution in [0.25, 0.3) is 0 Å². The van der Waals surface area contributed by atoms with Gasteiger partial charge in [-0.3, -0.25) is 10.1 Å². The number of hydrogen-bond donors (Lipinski definition) is 0. The van der Waals surface area contributed by atoms with Gasteiger partial charge in [-0.05, 0) is 73.7 Å². The molecule has 0 aliphatic heterocycles. The molecule has 1 aromatic heterocycles. The summed E-state index contributed by atoms with van der Waals surface area (Å²) in [6.45, 7) is 1.50. The Kier molecular flexibility index (Phi) is 7.94.